The summed E-state index contributed by atoms with van der Waals surface area (Å²) in [7, 11) is 1.84. The molecule has 1 rings (SSSR count). The largest absolute Gasteiger partial charge is 0.328 e. The minimum absolute atomic E-state index is 0.152. The predicted octanol–water partition coefficient (Wildman–Crippen LogP) is -0.0367. The second kappa shape index (κ2) is 4.30. The van der Waals surface area contributed by atoms with E-state index in [4.69, 9.17) is 0 Å². The summed E-state index contributed by atoms with van der Waals surface area (Å²) in [5.41, 5.74) is 0. The number of nitrogens with one attached hydrogen (secondary N) is 1. The fourth-order valence-corrected chi connectivity index (χ4v) is 1.23. The SMILES string of the molecule is CCN(C)C(=O)N1CCNCC1. The van der Waals surface area contributed by atoms with Gasteiger partial charge in [0.2, 0.25) is 0 Å². The molecule has 0 aliphatic carbocycles. The van der Waals surface area contributed by atoms with Crippen LogP contribution in [0.5, 0.6) is 0 Å². The Morgan fingerprint density at radius 1 is 1.50 bits per heavy atom. The Bertz CT molecular complexity index is 154. The third-order valence-corrected chi connectivity index (χ3v) is 2.19. The molecule has 0 unspecified atom stereocenters. The Balaban J connectivity index is 2.39. The molecule has 0 radical (unpaired) electrons. The van der Waals surface area contributed by atoms with Gasteiger partial charge in [0, 0.05) is 39.8 Å². The van der Waals surface area contributed by atoms with Gasteiger partial charge in [-0.2, -0.15) is 0 Å². The van der Waals surface area contributed by atoms with E-state index >= 15 is 0 Å². The number of rotatable bonds is 1. The molecule has 1 N–H and O–H groups in total. The molecule has 0 aromatic rings. The Morgan fingerprint density at radius 2 is 2.08 bits per heavy atom. The number of carbonyl (C=O) groups excluding carboxylic acids is 1. The third-order valence-electron chi connectivity index (χ3n) is 2.19. The quantitative estimate of drug-likeness (QED) is 0.601. The van der Waals surface area contributed by atoms with Gasteiger partial charge >= 0.3 is 6.03 Å². The number of urea groups is 1. The summed E-state index contributed by atoms with van der Waals surface area (Å²) in [5.74, 6) is 0. The Kier molecular flexibility index (Phi) is 3.34. The molecule has 0 bridgehead atoms. The average Bonchev–Trinajstić information content (AvgIpc) is 2.17. The van der Waals surface area contributed by atoms with E-state index in [1.54, 1.807) is 4.90 Å². The van der Waals surface area contributed by atoms with E-state index in [2.05, 4.69) is 5.32 Å². The Hall–Kier alpha value is -0.770. The lowest BCUT2D eigenvalue weighted by molar-refractivity contribution is 0.158. The van der Waals surface area contributed by atoms with Crippen LogP contribution in [0.15, 0.2) is 0 Å². The van der Waals surface area contributed by atoms with Crippen LogP contribution < -0.4 is 5.32 Å². The summed E-state index contributed by atoms with van der Waals surface area (Å²) >= 11 is 0. The van der Waals surface area contributed by atoms with E-state index in [0.29, 0.717) is 0 Å². The molecule has 0 spiro atoms. The topological polar surface area (TPSA) is 35.6 Å². The predicted molar refractivity (Wildman–Crippen MR) is 48.1 cm³/mol. The highest BCUT2D eigenvalue weighted by Crippen LogP contribution is 1.97. The summed E-state index contributed by atoms with van der Waals surface area (Å²) in [6.07, 6.45) is 0. The zero-order valence-corrected chi connectivity index (χ0v) is 7.84. The molecule has 2 amide bonds. The van der Waals surface area contributed by atoms with Crippen LogP contribution in [0.2, 0.25) is 0 Å². The molecule has 0 saturated carbocycles. The standard InChI is InChI=1S/C8H17N3O/c1-3-10(2)8(12)11-6-4-9-5-7-11/h9H,3-7H2,1-2H3. The molecule has 0 aromatic heterocycles. The van der Waals surface area contributed by atoms with Crippen LogP contribution in [0, 0.1) is 0 Å². The summed E-state index contributed by atoms with van der Waals surface area (Å²) in [6, 6.07) is 0.152. The highest BCUT2D eigenvalue weighted by Gasteiger charge is 2.17. The molecule has 1 aliphatic heterocycles. The second-order valence-electron chi connectivity index (χ2n) is 3.03. The van der Waals surface area contributed by atoms with E-state index < -0.39 is 0 Å². The maximum atomic E-state index is 11.6. The second-order valence-corrected chi connectivity index (χ2v) is 3.03. The average molecular weight is 171 g/mol. The van der Waals surface area contributed by atoms with Crippen molar-refractivity contribution in [3.05, 3.63) is 0 Å². The fraction of sp³-hybridized carbons (Fsp3) is 0.875. The number of carbonyl (C=O) groups is 1. The van der Waals surface area contributed by atoms with Crippen molar-refractivity contribution in [3.8, 4) is 0 Å². The van der Waals surface area contributed by atoms with Gasteiger partial charge in [0.05, 0.1) is 0 Å². The van der Waals surface area contributed by atoms with Crippen LogP contribution >= 0.6 is 0 Å². The lowest BCUT2D eigenvalue weighted by atomic mass is 10.4. The van der Waals surface area contributed by atoms with Crippen molar-refractivity contribution in [1.82, 2.24) is 15.1 Å². The zero-order valence-electron chi connectivity index (χ0n) is 7.84. The van der Waals surface area contributed by atoms with E-state index in [1.807, 2.05) is 18.9 Å². The van der Waals surface area contributed by atoms with Crippen LogP contribution in [-0.4, -0.2) is 55.6 Å². The van der Waals surface area contributed by atoms with Crippen LogP contribution in [0.4, 0.5) is 4.79 Å². The van der Waals surface area contributed by atoms with Gasteiger partial charge in [-0.15, -0.1) is 0 Å². The van der Waals surface area contributed by atoms with Gasteiger partial charge in [0.15, 0.2) is 0 Å². The Morgan fingerprint density at radius 3 is 2.58 bits per heavy atom. The van der Waals surface area contributed by atoms with Gasteiger partial charge in [0.1, 0.15) is 0 Å². The van der Waals surface area contributed by atoms with Crippen molar-refractivity contribution in [2.75, 3.05) is 39.8 Å². The molecule has 4 heteroatoms. The minimum Gasteiger partial charge on any atom is -0.328 e. The molecule has 4 nitrogen and oxygen atoms in total. The minimum atomic E-state index is 0.152. The van der Waals surface area contributed by atoms with Gasteiger partial charge in [0.25, 0.3) is 0 Å². The first kappa shape index (κ1) is 9.32. The van der Waals surface area contributed by atoms with E-state index in [-0.39, 0.29) is 6.03 Å². The molecule has 1 heterocycles. The smallest absolute Gasteiger partial charge is 0.319 e. The number of hydrogen-bond acceptors (Lipinski definition) is 2. The van der Waals surface area contributed by atoms with Gasteiger partial charge in [-0.1, -0.05) is 0 Å². The highest BCUT2D eigenvalue weighted by atomic mass is 16.2. The summed E-state index contributed by atoms with van der Waals surface area (Å²) in [5, 5.41) is 3.21. The third kappa shape index (κ3) is 2.11. The van der Waals surface area contributed by atoms with Crippen LogP contribution in [-0.2, 0) is 0 Å². The van der Waals surface area contributed by atoms with E-state index in [9.17, 15) is 4.79 Å². The number of nitrogens with zero attached hydrogens (tertiary/aromatic N) is 2. The molecule has 70 valence electrons. The van der Waals surface area contributed by atoms with Crippen molar-refractivity contribution < 1.29 is 4.79 Å². The maximum absolute atomic E-state index is 11.6. The Labute approximate surface area is 73.5 Å². The summed E-state index contributed by atoms with van der Waals surface area (Å²) in [4.78, 5) is 15.2. The highest BCUT2D eigenvalue weighted by molar-refractivity contribution is 5.74. The molecule has 0 atom stereocenters. The van der Waals surface area contributed by atoms with Crippen molar-refractivity contribution in [2.24, 2.45) is 0 Å². The molecular weight excluding hydrogens is 154 g/mol. The van der Waals surface area contributed by atoms with Gasteiger partial charge in [-0.3, -0.25) is 0 Å². The van der Waals surface area contributed by atoms with Crippen molar-refractivity contribution in [2.45, 2.75) is 6.92 Å². The molecule has 1 aliphatic rings. The van der Waals surface area contributed by atoms with Gasteiger partial charge in [-0.25, -0.2) is 4.79 Å². The van der Waals surface area contributed by atoms with Crippen LogP contribution in [0.25, 0.3) is 0 Å². The number of piperazine rings is 1. The summed E-state index contributed by atoms with van der Waals surface area (Å²) in [6.45, 7) is 6.28. The van der Waals surface area contributed by atoms with E-state index in [1.165, 1.54) is 0 Å². The van der Waals surface area contributed by atoms with Crippen molar-refractivity contribution in [3.63, 3.8) is 0 Å². The molecular formula is C8H17N3O. The zero-order chi connectivity index (χ0) is 8.97. The van der Waals surface area contributed by atoms with Gasteiger partial charge < -0.3 is 15.1 Å². The molecule has 0 aromatic carbocycles. The van der Waals surface area contributed by atoms with Gasteiger partial charge in [-0.05, 0) is 6.92 Å². The maximum Gasteiger partial charge on any atom is 0.319 e. The first-order valence-electron chi connectivity index (χ1n) is 4.46. The van der Waals surface area contributed by atoms with Crippen molar-refractivity contribution >= 4 is 6.03 Å². The summed E-state index contributed by atoms with van der Waals surface area (Å²) < 4.78 is 0. The molecule has 12 heavy (non-hydrogen) atoms. The monoisotopic (exact) mass is 171 g/mol. The van der Waals surface area contributed by atoms with Crippen LogP contribution in [0.1, 0.15) is 6.92 Å². The lowest BCUT2D eigenvalue weighted by Gasteiger charge is -2.30. The first-order valence-corrected chi connectivity index (χ1v) is 4.46. The normalized spacial score (nSPS) is 17.7. The van der Waals surface area contributed by atoms with Crippen molar-refractivity contribution in [1.29, 1.82) is 0 Å². The lowest BCUT2D eigenvalue weighted by Crippen LogP contribution is -2.50. The molecule has 1 fully saturated rings. The fourth-order valence-electron chi connectivity index (χ4n) is 1.23. The van der Waals surface area contributed by atoms with E-state index in [0.717, 1.165) is 32.7 Å². The van der Waals surface area contributed by atoms with Crippen LogP contribution in [0.3, 0.4) is 0 Å². The first-order chi connectivity index (χ1) is 5.75. The molecule has 1 saturated heterocycles. The number of amides is 2. The number of hydrogen-bond donors (Lipinski definition) is 1.